The number of hydrogen-bond acceptors (Lipinski definition) is 5. The standard InChI is InChI=1S/C8H11N5S/c1-7-11-12-8(14-7)9-4-6-13-5-2-3-10-13/h2-3,5H,4,6H2,1H3,(H,9,12). The fraction of sp³-hybridized carbons (Fsp3) is 0.375. The van der Waals surface area contributed by atoms with E-state index in [1.165, 1.54) is 0 Å². The minimum absolute atomic E-state index is 0.816. The monoisotopic (exact) mass is 209 g/mol. The van der Waals surface area contributed by atoms with Gasteiger partial charge in [-0.1, -0.05) is 11.3 Å². The van der Waals surface area contributed by atoms with Gasteiger partial charge in [-0.2, -0.15) is 5.10 Å². The van der Waals surface area contributed by atoms with E-state index in [1.807, 2.05) is 23.9 Å². The summed E-state index contributed by atoms with van der Waals surface area (Å²) in [5.74, 6) is 0. The zero-order valence-corrected chi connectivity index (χ0v) is 8.66. The van der Waals surface area contributed by atoms with Gasteiger partial charge < -0.3 is 5.32 Å². The quantitative estimate of drug-likeness (QED) is 0.820. The Labute approximate surface area is 85.8 Å². The van der Waals surface area contributed by atoms with Crippen LogP contribution in [0.2, 0.25) is 0 Å². The Balaban J connectivity index is 1.78. The lowest BCUT2D eigenvalue weighted by Gasteiger charge is -2.01. The average molecular weight is 209 g/mol. The molecule has 2 heterocycles. The second kappa shape index (κ2) is 4.19. The summed E-state index contributed by atoms with van der Waals surface area (Å²) in [6.45, 7) is 3.60. The summed E-state index contributed by atoms with van der Waals surface area (Å²) in [7, 11) is 0. The largest absolute Gasteiger partial charge is 0.358 e. The normalized spacial score (nSPS) is 10.4. The van der Waals surface area contributed by atoms with E-state index in [4.69, 9.17) is 0 Å². The van der Waals surface area contributed by atoms with Crippen molar-refractivity contribution in [3.05, 3.63) is 23.5 Å². The second-order valence-electron chi connectivity index (χ2n) is 2.82. The Morgan fingerprint density at radius 1 is 1.50 bits per heavy atom. The molecule has 0 bridgehead atoms. The van der Waals surface area contributed by atoms with Crippen LogP contribution in [0.25, 0.3) is 0 Å². The van der Waals surface area contributed by atoms with Crippen molar-refractivity contribution >= 4 is 16.5 Å². The SMILES string of the molecule is Cc1nnc(NCCn2cccn2)s1. The van der Waals surface area contributed by atoms with E-state index in [1.54, 1.807) is 17.5 Å². The number of aromatic nitrogens is 4. The van der Waals surface area contributed by atoms with Crippen molar-refractivity contribution < 1.29 is 0 Å². The molecule has 2 aromatic heterocycles. The molecular formula is C8H11N5S. The summed E-state index contributed by atoms with van der Waals surface area (Å²) < 4.78 is 1.88. The van der Waals surface area contributed by atoms with Crippen LogP contribution in [-0.4, -0.2) is 26.5 Å². The minimum Gasteiger partial charge on any atom is -0.358 e. The van der Waals surface area contributed by atoms with Gasteiger partial charge in [-0.05, 0) is 13.0 Å². The van der Waals surface area contributed by atoms with Crippen LogP contribution in [0.1, 0.15) is 5.01 Å². The summed E-state index contributed by atoms with van der Waals surface area (Å²) >= 11 is 1.56. The molecule has 74 valence electrons. The smallest absolute Gasteiger partial charge is 0.205 e. The van der Waals surface area contributed by atoms with Gasteiger partial charge in [0.15, 0.2) is 0 Å². The van der Waals surface area contributed by atoms with Gasteiger partial charge in [0.2, 0.25) is 5.13 Å². The van der Waals surface area contributed by atoms with Crippen molar-refractivity contribution in [2.24, 2.45) is 0 Å². The average Bonchev–Trinajstić information content (AvgIpc) is 2.77. The molecule has 0 aromatic carbocycles. The summed E-state index contributed by atoms with van der Waals surface area (Å²) in [5, 5.41) is 17.0. The van der Waals surface area contributed by atoms with Gasteiger partial charge in [-0.3, -0.25) is 4.68 Å². The van der Waals surface area contributed by atoms with Crippen molar-refractivity contribution in [1.29, 1.82) is 0 Å². The third-order valence-electron chi connectivity index (χ3n) is 1.70. The molecule has 0 saturated carbocycles. The molecule has 0 spiro atoms. The molecule has 5 nitrogen and oxygen atoms in total. The van der Waals surface area contributed by atoms with Crippen molar-refractivity contribution in [2.45, 2.75) is 13.5 Å². The molecule has 1 N–H and O–H groups in total. The maximum Gasteiger partial charge on any atom is 0.205 e. The third kappa shape index (κ3) is 2.29. The first-order chi connectivity index (χ1) is 6.84. The van der Waals surface area contributed by atoms with Crippen LogP contribution in [-0.2, 0) is 6.54 Å². The molecule has 0 aliphatic rings. The van der Waals surface area contributed by atoms with E-state index in [9.17, 15) is 0 Å². The molecule has 0 saturated heterocycles. The highest BCUT2D eigenvalue weighted by molar-refractivity contribution is 7.15. The first-order valence-electron chi connectivity index (χ1n) is 4.36. The first-order valence-corrected chi connectivity index (χ1v) is 5.17. The fourth-order valence-electron chi connectivity index (χ4n) is 1.08. The van der Waals surface area contributed by atoms with Gasteiger partial charge in [-0.15, -0.1) is 10.2 Å². The maximum atomic E-state index is 4.10. The van der Waals surface area contributed by atoms with E-state index in [2.05, 4.69) is 20.6 Å². The number of aryl methyl sites for hydroxylation is 1. The van der Waals surface area contributed by atoms with Crippen LogP contribution in [0.15, 0.2) is 18.5 Å². The Morgan fingerprint density at radius 2 is 2.43 bits per heavy atom. The van der Waals surface area contributed by atoms with Gasteiger partial charge in [-0.25, -0.2) is 0 Å². The maximum absolute atomic E-state index is 4.10. The van der Waals surface area contributed by atoms with Crippen molar-refractivity contribution in [3.8, 4) is 0 Å². The topological polar surface area (TPSA) is 55.6 Å². The molecule has 0 atom stereocenters. The molecule has 0 unspecified atom stereocenters. The Kier molecular flexibility index (Phi) is 2.73. The van der Waals surface area contributed by atoms with Gasteiger partial charge in [0, 0.05) is 18.9 Å². The van der Waals surface area contributed by atoms with E-state index in [0.29, 0.717) is 0 Å². The molecule has 0 fully saturated rings. The summed E-state index contributed by atoms with van der Waals surface area (Å²) in [6, 6.07) is 1.91. The number of nitrogens with one attached hydrogen (secondary N) is 1. The molecule has 2 rings (SSSR count). The molecule has 0 aliphatic heterocycles. The van der Waals surface area contributed by atoms with E-state index in [0.717, 1.165) is 23.2 Å². The zero-order chi connectivity index (χ0) is 9.80. The first kappa shape index (κ1) is 9.14. The highest BCUT2D eigenvalue weighted by Crippen LogP contribution is 2.12. The van der Waals surface area contributed by atoms with Crippen LogP contribution in [0.4, 0.5) is 5.13 Å². The summed E-state index contributed by atoms with van der Waals surface area (Å²) in [6.07, 6.45) is 3.71. The van der Waals surface area contributed by atoms with Gasteiger partial charge in [0.05, 0.1) is 6.54 Å². The predicted molar refractivity (Wildman–Crippen MR) is 55.4 cm³/mol. The number of rotatable bonds is 4. The van der Waals surface area contributed by atoms with Gasteiger partial charge >= 0.3 is 0 Å². The van der Waals surface area contributed by atoms with Crippen molar-refractivity contribution in [3.63, 3.8) is 0 Å². The van der Waals surface area contributed by atoms with Crippen LogP contribution < -0.4 is 5.32 Å². The van der Waals surface area contributed by atoms with Crippen molar-refractivity contribution in [1.82, 2.24) is 20.0 Å². The van der Waals surface area contributed by atoms with E-state index in [-0.39, 0.29) is 0 Å². The highest BCUT2D eigenvalue weighted by Gasteiger charge is 1.98. The number of hydrogen-bond donors (Lipinski definition) is 1. The molecule has 0 amide bonds. The lowest BCUT2D eigenvalue weighted by molar-refractivity contribution is 0.637. The second-order valence-corrected chi connectivity index (χ2v) is 4.00. The van der Waals surface area contributed by atoms with Gasteiger partial charge in [0.1, 0.15) is 5.01 Å². The Morgan fingerprint density at radius 3 is 3.07 bits per heavy atom. The molecule has 0 aliphatic carbocycles. The molecule has 6 heteroatoms. The molecule has 0 radical (unpaired) electrons. The fourth-order valence-corrected chi connectivity index (χ4v) is 1.70. The zero-order valence-electron chi connectivity index (χ0n) is 7.84. The van der Waals surface area contributed by atoms with Crippen molar-refractivity contribution in [2.75, 3.05) is 11.9 Å². The van der Waals surface area contributed by atoms with E-state index >= 15 is 0 Å². The van der Waals surface area contributed by atoms with Crippen LogP contribution in [0.3, 0.4) is 0 Å². The molecular weight excluding hydrogens is 198 g/mol. The number of anilines is 1. The Bertz CT molecular complexity index is 380. The lowest BCUT2D eigenvalue weighted by atomic mass is 10.6. The molecule has 14 heavy (non-hydrogen) atoms. The summed E-state index contributed by atoms with van der Waals surface area (Å²) in [4.78, 5) is 0. The van der Waals surface area contributed by atoms with Crippen LogP contribution >= 0.6 is 11.3 Å². The highest BCUT2D eigenvalue weighted by atomic mass is 32.1. The van der Waals surface area contributed by atoms with Gasteiger partial charge in [0.25, 0.3) is 0 Å². The number of nitrogens with zero attached hydrogens (tertiary/aromatic N) is 4. The van der Waals surface area contributed by atoms with Crippen LogP contribution in [0, 0.1) is 6.92 Å². The van der Waals surface area contributed by atoms with Crippen LogP contribution in [0.5, 0.6) is 0 Å². The minimum atomic E-state index is 0.816. The predicted octanol–water partition coefficient (Wildman–Crippen LogP) is 1.16. The lowest BCUT2D eigenvalue weighted by Crippen LogP contribution is -2.10. The third-order valence-corrected chi connectivity index (χ3v) is 2.50. The molecule has 2 aromatic rings. The van der Waals surface area contributed by atoms with E-state index < -0.39 is 0 Å². The summed E-state index contributed by atoms with van der Waals surface area (Å²) in [5.41, 5.74) is 0. The Hall–Kier alpha value is -1.43.